The van der Waals surface area contributed by atoms with E-state index in [1.807, 2.05) is 30.3 Å². The zero-order chi connectivity index (χ0) is 19.6. The molecule has 0 aliphatic carbocycles. The van der Waals surface area contributed by atoms with Crippen molar-refractivity contribution in [3.05, 3.63) is 60.5 Å². The monoisotopic (exact) mass is 559 g/mol. The van der Waals surface area contributed by atoms with Crippen LogP contribution in [-0.2, 0) is 11.3 Å². The first-order valence-electron chi connectivity index (χ1n) is 7.84. The van der Waals surface area contributed by atoms with Crippen LogP contribution in [0.15, 0.2) is 45.8 Å². The minimum atomic E-state index is -0.294. The molecule has 2 aromatic carbocycles. The van der Waals surface area contributed by atoms with Crippen LogP contribution in [0.4, 0.5) is 4.79 Å². The minimum Gasteiger partial charge on any atom is -0.493 e. The molecule has 0 aromatic heterocycles. The lowest BCUT2D eigenvalue weighted by atomic mass is 10.1. The van der Waals surface area contributed by atoms with E-state index in [0.29, 0.717) is 16.4 Å². The Hall–Kier alpha value is -1.52. The van der Waals surface area contributed by atoms with Crippen LogP contribution >= 0.6 is 50.3 Å². The van der Waals surface area contributed by atoms with Crippen LogP contribution in [-0.4, -0.2) is 30.3 Å². The average molecular weight is 560 g/mol. The second kappa shape index (κ2) is 8.66. The van der Waals surface area contributed by atoms with Gasteiger partial charge in [0.2, 0.25) is 0 Å². The maximum Gasteiger partial charge on any atom is 0.293 e. The van der Waals surface area contributed by atoms with Gasteiger partial charge in [-0.3, -0.25) is 14.5 Å². The molecule has 1 aliphatic heterocycles. The van der Waals surface area contributed by atoms with E-state index < -0.39 is 0 Å². The SMILES string of the molecule is COc1cc(/C=C2\SC(=O)N(Cc3ccc(Br)cc3)C2=O)cc(I)c1OC. The number of ether oxygens (including phenoxy) is 2. The van der Waals surface area contributed by atoms with Crippen molar-refractivity contribution in [2.45, 2.75) is 6.54 Å². The molecule has 0 saturated carbocycles. The second-order valence-electron chi connectivity index (χ2n) is 5.63. The quantitative estimate of drug-likeness (QED) is 0.367. The Labute approximate surface area is 183 Å². The Kier molecular flexibility index (Phi) is 6.48. The molecular weight excluding hydrogens is 545 g/mol. The summed E-state index contributed by atoms with van der Waals surface area (Å²) in [5.74, 6) is 0.918. The van der Waals surface area contributed by atoms with Gasteiger partial charge in [-0.2, -0.15) is 0 Å². The molecule has 0 unspecified atom stereocenters. The minimum absolute atomic E-state index is 0.249. The van der Waals surface area contributed by atoms with Gasteiger partial charge in [-0.15, -0.1) is 0 Å². The zero-order valence-corrected chi connectivity index (χ0v) is 19.1. The van der Waals surface area contributed by atoms with Gasteiger partial charge in [-0.05, 0) is 75.8 Å². The van der Waals surface area contributed by atoms with Crippen molar-refractivity contribution in [2.75, 3.05) is 14.2 Å². The third-order valence-electron chi connectivity index (χ3n) is 3.88. The number of nitrogens with zero attached hydrogens (tertiary/aromatic N) is 1. The zero-order valence-electron chi connectivity index (χ0n) is 14.5. The molecule has 3 rings (SSSR count). The summed E-state index contributed by atoms with van der Waals surface area (Å²) in [4.78, 5) is 26.7. The van der Waals surface area contributed by atoms with Gasteiger partial charge in [0, 0.05) is 4.47 Å². The molecule has 0 radical (unpaired) electrons. The molecule has 27 heavy (non-hydrogen) atoms. The summed E-state index contributed by atoms with van der Waals surface area (Å²) < 4.78 is 12.5. The van der Waals surface area contributed by atoms with Gasteiger partial charge in [-0.1, -0.05) is 28.1 Å². The summed E-state index contributed by atoms with van der Waals surface area (Å²) >= 11 is 6.46. The number of halogens is 2. The largest absolute Gasteiger partial charge is 0.493 e. The Morgan fingerprint density at radius 3 is 2.48 bits per heavy atom. The van der Waals surface area contributed by atoms with Gasteiger partial charge < -0.3 is 9.47 Å². The Morgan fingerprint density at radius 2 is 1.85 bits per heavy atom. The summed E-state index contributed by atoms with van der Waals surface area (Å²) in [5, 5.41) is -0.274. The van der Waals surface area contributed by atoms with Crippen molar-refractivity contribution in [3.63, 3.8) is 0 Å². The molecule has 8 heteroatoms. The third kappa shape index (κ3) is 4.49. The lowest BCUT2D eigenvalue weighted by Gasteiger charge is -2.12. The van der Waals surface area contributed by atoms with Crippen molar-refractivity contribution >= 4 is 67.5 Å². The highest BCUT2D eigenvalue weighted by Gasteiger charge is 2.35. The van der Waals surface area contributed by atoms with Gasteiger partial charge in [0.25, 0.3) is 11.1 Å². The predicted molar refractivity (Wildman–Crippen MR) is 118 cm³/mol. The number of amides is 2. The summed E-state index contributed by atoms with van der Waals surface area (Å²) in [6, 6.07) is 11.2. The van der Waals surface area contributed by atoms with Crippen LogP contribution in [0.3, 0.4) is 0 Å². The summed E-state index contributed by atoms with van der Waals surface area (Å²) in [6.07, 6.45) is 1.70. The number of carbonyl (C=O) groups is 2. The molecule has 0 bridgehead atoms. The van der Waals surface area contributed by atoms with Crippen molar-refractivity contribution in [2.24, 2.45) is 0 Å². The molecule has 140 valence electrons. The summed E-state index contributed by atoms with van der Waals surface area (Å²) in [7, 11) is 3.14. The number of thioether (sulfide) groups is 1. The molecule has 0 atom stereocenters. The van der Waals surface area contributed by atoms with E-state index in [9.17, 15) is 9.59 Å². The van der Waals surface area contributed by atoms with Gasteiger partial charge in [0.05, 0.1) is 29.2 Å². The first-order valence-corrected chi connectivity index (χ1v) is 10.5. The highest BCUT2D eigenvalue weighted by atomic mass is 127. The molecule has 0 spiro atoms. The van der Waals surface area contributed by atoms with Crippen LogP contribution in [0.1, 0.15) is 11.1 Å². The summed E-state index contributed by atoms with van der Waals surface area (Å²) in [5.41, 5.74) is 1.66. The lowest BCUT2D eigenvalue weighted by molar-refractivity contribution is -0.123. The van der Waals surface area contributed by atoms with E-state index in [4.69, 9.17) is 9.47 Å². The van der Waals surface area contributed by atoms with Crippen LogP contribution in [0.5, 0.6) is 11.5 Å². The molecule has 1 saturated heterocycles. The van der Waals surface area contributed by atoms with Crippen molar-refractivity contribution < 1.29 is 19.1 Å². The van der Waals surface area contributed by atoms with E-state index in [1.165, 1.54) is 4.90 Å². The number of hydrogen-bond donors (Lipinski definition) is 0. The van der Waals surface area contributed by atoms with Gasteiger partial charge >= 0.3 is 0 Å². The van der Waals surface area contributed by atoms with Crippen molar-refractivity contribution in [1.29, 1.82) is 0 Å². The third-order valence-corrected chi connectivity index (χ3v) is 6.12. The Bertz CT molecular complexity index is 930. The van der Waals surface area contributed by atoms with Crippen LogP contribution in [0.2, 0.25) is 0 Å². The molecule has 2 amide bonds. The van der Waals surface area contributed by atoms with E-state index in [-0.39, 0.29) is 17.7 Å². The fourth-order valence-corrected chi connectivity index (χ4v) is 4.53. The number of methoxy groups -OCH3 is 2. The molecule has 2 aromatic rings. The van der Waals surface area contributed by atoms with Crippen LogP contribution < -0.4 is 9.47 Å². The molecule has 1 aliphatic rings. The first-order chi connectivity index (χ1) is 12.9. The van der Waals surface area contributed by atoms with Crippen molar-refractivity contribution in [3.8, 4) is 11.5 Å². The Balaban J connectivity index is 1.86. The number of imide groups is 1. The standard InChI is InChI=1S/C19H15BrINO4S/c1-25-15-8-12(7-14(21)17(15)26-2)9-16-18(23)22(19(24)27-16)10-11-3-5-13(20)6-4-11/h3-9H,10H2,1-2H3/b16-9-. The van der Waals surface area contributed by atoms with Crippen LogP contribution in [0.25, 0.3) is 6.08 Å². The number of benzene rings is 2. The van der Waals surface area contributed by atoms with E-state index in [2.05, 4.69) is 38.5 Å². The van der Waals surface area contributed by atoms with E-state index >= 15 is 0 Å². The second-order valence-corrected chi connectivity index (χ2v) is 8.70. The average Bonchev–Trinajstić information content (AvgIpc) is 2.90. The van der Waals surface area contributed by atoms with Gasteiger partial charge in [-0.25, -0.2) is 0 Å². The molecule has 1 heterocycles. The molecule has 5 nitrogen and oxygen atoms in total. The predicted octanol–water partition coefficient (Wildman–Crippen LogP) is 5.31. The molecule has 1 fully saturated rings. The topological polar surface area (TPSA) is 55.8 Å². The molecular formula is C19H15BrINO4S. The van der Waals surface area contributed by atoms with Gasteiger partial charge in [0.15, 0.2) is 11.5 Å². The molecule has 0 N–H and O–H groups in total. The number of hydrogen-bond acceptors (Lipinski definition) is 5. The normalized spacial score (nSPS) is 15.6. The van der Waals surface area contributed by atoms with Gasteiger partial charge in [0.1, 0.15) is 0 Å². The van der Waals surface area contributed by atoms with E-state index in [1.54, 1.807) is 26.4 Å². The highest BCUT2D eigenvalue weighted by molar-refractivity contribution is 14.1. The fraction of sp³-hybridized carbons (Fsp3) is 0.158. The first kappa shape index (κ1) is 20.2. The number of carbonyl (C=O) groups excluding carboxylic acids is 2. The number of rotatable bonds is 5. The maximum atomic E-state index is 12.7. The fourth-order valence-electron chi connectivity index (χ4n) is 2.58. The smallest absolute Gasteiger partial charge is 0.293 e. The maximum absolute atomic E-state index is 12.7. The van der Waals surface area contributed by atoms with Crippen molar-refractivity contribution in [1.82, 2.24) is 4.90 Å². The van der Waals surface area contributed by atoms with E-state index in [0.717, 1.165) is 30.9 Å². The van der Waals surface area contributed by atoms with Crippen LogP contribution in [0, 0.1) is 3.57 Å². The Morgan fingerprint density at radius 1 is 1.15 bits per heavy atom. The summed E-state index contributed by atoms with van der Waals surface area (Å²) in [6.45, 7) is 0.249. The lowest BCUT2D eigenvalue weighted by Crippen LogP contribution is -2.27. The highest BCUT2D eigenvalue weighted by Crippen LogP contribution is 2.37.